The molecule has 1 aliphatic rings. The molecule has 5 rings (SSSR count). The van der Waals surface area contributed by atoms with Crippen molar-refractivity contribution in [2.45, 2.75) is 96.2 Å². The van der Waals surface area contributed by atoms with E-state index in [4.69, 9.17) is 0 Å². The number of aromatic amines is 2. The number of aliphatic hydroxyl groups excluding tert-OH is 1. The Balaban J connectivity index is 1.31. The van der Waals surface area contributed by atoms with Gasteiger partial charge in [-0.1, -0.05) is 70.2 Å². The zero-order chi connectivity index (χ0) is 34.6. The number of fused-ring (bicyclic) bond motifs is 1. The first kappa shape index (κ1) is 35.8. The number of amides is 3. The lowest BCUT2D eigenvalue weighted by molar-refractivity contribution is -0.134. The Hall–Kier alpha value is -4.51. The number of carbonyl (C=O) groups excluding carboxylic acids is 3. The van der Waals surface area contributed by atoms with E-state index in [1.54, 1.807) is 18.6 Å². The number of nitrogens with one attached hydrogen (secondary N) is 5. The Morgan fingerprint density at radius 3 is 2.47 bits per heavy atom. The van der Waals surface area contributed by atoms with Gasteiger partial charge in [0.05, 0.1) is 12.0 Å². The summed E-state index contributed by atoms with van der Waals surface area (Å²) < 4.78 is 0. The van der Waals surface area contributed by atoms with Crippen LogP contribution in [0.15, 0.2) is 67.3 Å². The van der Waals surface area contributed by atoms with E-state index in [2.05, 4.69) is 35.9 Å². The average molecular weight is 670 g/mol. The molecule has 0 saturated heterocycles. The first-order chi connectivity index (χ1) is 23.8. The van der Waals surface area contributed by atoms with Crippen molar-refractivity contribution in [1.82, 2.24) is 35.9 Å². The quantitative estimate of drug-likeness (QED) is 0.0935. The number of aromatic nitrogens is 4. The highest BCUT2D eigenvalue weighted by molar-refractivity contribution is 5.91. The van der Waals surface area contributed by atoms with Gasteiger partial charge in [0.15, 0.2) is 0 Å². The number of imidazole rings is 1. The Morgan fingerprint density at radius 2 is 1.73 bits per heavy atom. The minimum Gasteiger partial charge on any atom is -0.383 e. The lowest BCUT2D eigenvalue weighted by atomic mass is 9.83. The summed E-state index contributed by atoms with van der Waals surface area (Å²) in [7, 11) is 0. The zero-order valence-electron chi connectivity index (χ0n) is 28.7. The Morgan fingerprint density at radius 1 is 0.939 bits per heavy atom. The molecule has 1 saturated carbocycles. The van der Waals surface area contributed by atoms with Crippen molar-refractivity contribution in [3.63, 3.8) is 0 Å². The van der Waals surface area contributed by atoms with Crippen molar-refractivity contribution in [2.24, 2.45) is 17.8 Å². The van der Waals surface area contributed by atoms with Gasteiger partial charge in [-0.2, -0.15) is 0 Å². The molecule has 49 heavy (non-hydrogen) atoms. The van der Waals surface area contributed by atoms with Crippen LogP contribution < -0.4 is 16.0 Å². The lowest BCUT2D eigenvalue weighted by Gasteiger charge is -2.31. The maximum absolute atomic E-state index is 14.1. The number of hydrogen-bond acceptors (Lipinski definition) is 6. The fraction of sp³-hybridized carbons (Fsp3) is 0.500. The number of pyridine rings is 1. The van der Waals surface area contributed by atoms with Crippen LogP contribution in [0.5, 0.6) is 0 Å². The molecule has 11 nitrogen and oxygen atoms in total. The van der Waals surface area contributed by atoms with Gasteiger partial charge in [-0.05, 0) is 54.9 Å². The van der Waals surface area contributed by atoms with E-state index in [9.17, 15) is 19.5 Å². The smallest absolute Gasteiger partial charge is 0.242 e. The van der Waals surface area contributed by atoms with E-state index in [1.807, 2.05) is 62.5 Å². The van der Waals surface area contributed by atoms with Crippen LogP contribution in [0, 0.1) is 17.8 Å². The van der Waals surface area contributed by atoms with Crippen molar-refractivity contribution in [2.75, 3.05) is 6.54 Å². The van der Waals surface area contributed by atoms with Gasteiger partial charge in [0, 0.05) is 60.8 Å². The monoisotopic (exact) mass is 669 g/mol. The predicted molar refractivity (Wildman–Crippen MR) is 189 cm³/mol. The molecule has 262 valence electrons. The summed E-state index contributed by atoms with van der Waals surface area (Å²) in [5.41, 5.74) is 2.75. The molecule has 4 aromatic rings. The largest absolute Gasteiger partial charge is 0.383 e. The van der Waals surface area contributed by atoms with Crippen molar-refractivity contribution in [3.05, 3.63) is 84.3 Å². The highest BCUT2D eigenvalue weighted by Crippen LogP contribution is 2.30. The normalized spacial score (nSPS) is 16.2. The maximum Gasteiger partial charge on any atom is 0.242 e. The molecule has 0 aliphatic heterocycles. The van der Waals surface area contributed by atoms with E-state index < -0.39 is 24.1 Å². The van der Waals surface area contributed by atoms with Gasteiger partial charge in [-0.15, -0.1) is 0 Å². The fourth-order valence-corrected chi connectivity index (χ4v) is 6.95. The van der Waals surface area contributed by atoms with Crippen LogP contribution in [-0.2, 0) is 27.2 Å². The number of para-hydroxylation sites is 1. The van der Waals surface area contributed by atoms with Crippen LogP contribution in [-0.4, -0.2) is 61.4 Å². The molecule has 6 N–H and O–H groups in total. The van der Waals surface area contributed by atoms with Crippen molar-refractivity contribution < 1.29 is 19.5 Å². The van der Waals surface area contributed by atoms with Crippen LogP contribution in [0.4, 0.5) is 0 Å². The molecule has 0 unspecified atom stereocenters. The summed E-state index contributed by atoms with van der Waals surface area (Å²) in [6.07, 6.45) is 13.3. The van der Waals surface area contributed by atoms with Gasteiger partial charge in [0.2, 0.25) is 17.7 Å². The minimum atomic E-state index is -1.01. The van der Waals surface area contributed by atoms with E-state index in [1.165, 1.54) is 6.42 Å². The van der Waals surface area contributed by atoms with Gasteiger partial charge in [0.25, 0.3) is 0 Å². The summed E-state index contributed by atoms with van der Waals surface area (Å²) >= 11 is 0. The molecule has 0 radical (unpaired) electrons. The molecule has 1 aliphatic carbocycles. The molecular weight excluding hydrogens is 618 g/mol. The average Bonchev–Trinajstić information content (AvgIpc) is 3.79. The standard InChI is InChI=1S/C38H51N7O4/c1-25(2)20-33(38(49)44-32(21-26-10-4-3-5-11-26)35(47)36-41-18-19-42-36)45-37(48)27(22-28-24-43-31-14-7-6-13-30(28)31)23-34(46)40-17-15-29-12-8-9-16-39-29/h6-9,12-14,16,18-19,24-27,32-33,35,43,47H,3-5,10-11,15,17,20-23H2,1-2H3,(H,40,46)(H,41,42)(H,44,49)(H,45,48)/t27-,32-,33+,35+/m1/s1. The van der Waals surface area contributed by atoms with Crippen molar-refractivity contribution in [3.8, 4) is 0 Å². The summed E-state index contributed by atoms with van der Waals surface area (Å²) in [6, 6.07) is 12.1. The van der Waals surface area contributed by atoms with E-state index in [0.717, 1.165) is 47.8 Å². The Kier molecular flexibility index (Phi) is 13.0. The van der Waals surface area contributed by atoms with Gasteiger partial charge >= 0.3 is 0 Å². The third kappa shape index (κ3) is 10.5. The van der Waals surface area contributed by atoms with Crippen LogP contribution >= 0.6 is 0 Å². The molecule has 4 atom stereocenters. The second kappa shape index (κ2) is 17.8. The highest BCUT2D eigenvalue weighted by atomic mass is 16.3. The van der Waals surface area contributed by atoms with Gasteiger partial charge < -0.3 is 31.0 Å². The number of rotatable bonds is 17. The zero-order valence-corrected chi connectivity index (χ0v) is 28.7. The van der Waals surface area contributed by atoms with Crippen LogP contribution in [0.2, 0.25) is 0 Å². The third-order valence-electron chi connectivity index (χ3n) is 9.53. The molecule has 3 aromatic heterocycles. The predicted octanol–water partition coefficient (Wildman–Crippen LogP) is 4.91. The third-order valence-corrected chi connectivity index (χ3v) is 9.53. The molecule has 3 amide bonds. The lowest BCUT2D eigenvalue weighted by Crippen LogP contribution is -2.53. The number of benzene rings is 1. The Labute approximate surface area is 288 Å². The number of H-pyrrole nitrogens is 2. The van der Waals surface area contributed by atoms with Crippen LogP contribution in [0.3, 0.4) is 0 Å². The second-order valence-electron chi connectivity index (χ2n) is 13.9. The summed E-state index contributed by atoms with van der Waals surface area (Å²) in [4.78, 5) is 56.1. The highest BCUT2D eigenvalue weighted by Gasteiger charge is 2.33. The minimum absolute atomic E-state index is 0.0366. The number of carbonyl (C=O) groups is 3. The van der Waals surface area contributed by atoms with Gasteiger partial charge in [-0.25, -0.2) is 4.98 Å². The van der Waals surface area contributed by atoms with Crippen molar-refractivity contribution >= 4 is 28.6 Å². The molecule has 0 spiro atoms. The fourth-order valence-electron chi connectivity index (χ4n) is 6.95. The summed E-state index contributed by atoms with van der Waals surface area (Å²) in [5, 5.41) is 21.4. The van der Waals surface area contributed by atoms with E-state index >= 15 is 0 Å². The topological polar surface area (TPSA) is 165 Å². The molecule has 1 fully saturated rings. The number of hydrogen-bond donors (Lipinski definition) is 6. The Bertz CT molecular complexity index is 1620. The number of aliphatic hydroxyl groups is 1. The second-order valence-corrected chi connectivity index (χ2v) is 13.9. The maximum atomic E-state index is 14.1. The summed E-state index contributed by atoms with van der Waals surface area (Å²) in [6.45, 7) is 4.40. The SMILES string of the molecule is CC(C)C[C@H](NC(=O)[C@@H](CC(=O)NCCc1ccccn1)Cc1c[nH]c2ccccc12)C(=O)N[C@H](CC1CCCCC1)[C@H](O)c1ncc[nH]1. The van der Waals surface area contributed by atoms with Crippen molar-refractivity contribution in [1.29, 1.82) is 0 Å². The molecule has 1 aromatic carbocycles. The van der Waals surface area contributed by atoms with Crippen LogP contribution in [0.1, 0.15) is 88.4 Å². The first-order valence-corrected chi connectivity index (χ1v) is 17.8. The van der Waals surface area contributed by atoms with Gasteiger partial charge in [0.1, 0.15) is 18.0 Å². The molecule has 0 bridgehead atoms. The van der Waals surface area contributed by atoms with E-state index in [-0.39, 0.29) is 30.1 Å². The first-order valence-electron chi connectivity index (χ1n) is 17.8. The molecular formula is C38H51N7O4. The van der Waals surface area contributed by atoms with Gasteiger partial charge in [-0.3, -0.25) is 19.4 Å². The number of nitrogens with zero attached hydrogens (tertiary/aromatic N) is 2. The van der Waals surface area contributed by atoms with Crippen LogP contribution in [0.25, 0.3) is 10.9 Å². The summed E-state index contributed by atoms with van der Waals surface area (Å²) in [5.74, 6) is -0.777. The molecule has 11 heteroatoms. The van der Waals surface area contributed by atoms with E-state index in [0.29, 0.717) is 44.0 Å². The molecule has 3 heterocycles.